The average Bonchev–Trinajstić information content (AvgIpc) is 2.58. The van der Waals surface area contributed by atoms with Gasteiger partial charge in [0.05, 0.1) is 13.2 Å². The number of ether oxygens (including phenoxy) is 2. The Hall–Kier alpha value is -1.03. The zero-order valence-corrected chi connectivity index (χ0v) is 16.0. The summed E-state index contributed by atoms with van der Waals surface area (Å²) in [4.78, 5) is 10.9. The van der Waals surface area contributed by atoms with Gasteiger partial charge in [-0.25, -0.2) is 4.79 Å². The Morgan fingerprint density at radius 1 is 0.917 bits per heavy atom. The van der Waals surface area contributed by atoms with Crippen molar-refractivity contribution in [2.45, 2.75) is 96.5 Å². The van der Waals surface area contributed by atoms with Crippen LogP contribution in [0.1, 0.15) is 90.4 Å². The summed E-state index contributed by atoms with van der Waals surface area (Å²) >= 11 is 0. The van der Waals surface area contributed by atoms with Crippen LogP contribution in [-0.4, -0.2) is 31.4 Å². The number of hydrogen-bond donors (Lipinski definition) is 1. The Labute approximate surface area is 148 Å². The molecule has 0 heterocycles. The maximum absolute atomic E-state index is 10.9. The molecule has 0 aliphatic heterocycles. The normalized spacial score (nSPS) is 13.0. The molecule has 0 saturated heterocycles. The first kappa shape index (κ1) is 23.0. The van der Waals surface area contributed by atoms with E-state index in [2.05, 4.69) is 6.92 Å². The van der Waals surface area contributed by atoms with E-state index in [-0.39, 0.29) is 11.9 Å². The number of aliphatic carboxylic acids is 1. The summed E-state index contributed by atoms with van der Waals surface area (Å²) in [6.45, 7) is 2.26. The van der Waals surface area contributed by atoms with Crippen molar-refractivity contribution < 1.29 is 19.4 Å². The van der Waals surface area contributed by atoms with E-state index in [4.69, 9.17) is 14.6 Å². The van der Waals surface area contributed by atoms with Gasteiger partial charge < -0.3 is 14.6 Å². The topological polar surface area (TPSA) is 55.8 Å². The molecule has 0 aliphatic rings. The van der Waals surface area contributed by atoms with E-state index in [1.165, 1.54) is 71.3 Å². The maximum Gasteiger partial charge on any atom is 0.370 e. The number of hydrogen-bond acceptors (Lipinski definition) is 3. The third-order valence-electron chi connectivity index (χ3n) is 4.46. The molecule has 0 amide bonds. The monoisotopic (exact) mass is 342 g/mol. The summed E-state index contributed by atoms with van der Waals surface area (Å²) in [5, 5.41) is 8.90. The molecule has 4 nitrogen and oxygen atoms in total. The van der Waals surface area contributed by atoms with Gasteiger partial charge in [-0.2, -0.15) is 0 Å². The van der Waals surface area contributed by atoms with Crippen LogP contribution in [-0.2, 0) is 14.3 Å². The summed E-state index contributed by atoms with van der Waals surface area (Å²) in [5.41, 5.74) is 0. The standard InChI is InChI=1S/C20H38O4/c1-4-5-6-7-8-9-10-11-12-13-14-15-18(23-2)16-17-19(24-3)20(21)22/h17-18H,4-16H2,1-3H3,(H,21,22). The third kappa shape index (κ3) is 13.4. The van der Waals surface area contributed by atoms with E-state index in [9.17, 15) is 4.79 Å². The number of carbonyl (C=O) groups is 1. The molecule has 1 unspecified atom stereocenters. The van der Waals surface area contributed by atoms with Crippen LogP contribution in [0.3, 0.4) is 0 Å². The second-order valence-corrected chi connectivity index (χ2v) is 6.50. The van der Waals surface area contributed by atoms with E-state index >= 15 is 0 Å². The lowest BCUT2D eigenvalue weighted by Gasteiger charge is -2.13. The highest BCUT2D eigenvalue weighted by atomic mass is 16.5. The van der Waals surface area contributed by atoms with Crippen molar-refractivity contribution in [2.75, 3.05) is 14.2 Å². The van der Waals surface area contributed by atoms with Crippen molar-refractivity contribution in [3.63, 3.8) is 0 Å². The first-order valence-corrected chi connectivity index (χ1v) is 9.65. The second kappa shape index (κ2) is 16.8. The van der Waals surface area contributed by atoms with Crippen molar-refractivity contribution in [2.24, 2.45) is 0 Å². The van der Waals surface area contributed by atoms with Gasteiger partial charge in [-0.05, 0) is 18.9 Å². The second-order valence-electron chi connectivity index (χ2n) is 6.50. The lowest BCUT2D eigenvalue weighted by atomic mass is 10.0. The van der Waals surface area contributed by atoms with E-state index < -0.39 is 5.97 Å². The zero-order valence-electron chi connectivity index (χ0n) is 16.0. The van der Waals surface area contributed by atoms with Gasteiger partial charge in [-0.15, -0.1) is 0 Å². The summed E-state index contributed by atoms with van der Waals surface area (Å²) in [5.74, 6) is -1.03. The Kier molecular flexibility index (Phi) is 16.1. The van der Waals surface area contributed by atoms with E-state index in [1.54, 1.807) is 13.2 Å². The molecule has 0 aromatic carbocycles. The number of unbranched alkanes of at least 4 members (excludes halogenated alkanes) is 10. The minimum absolute atomic E-state index is 0.00372. The molecule has 0 fully saturated rings. The highest BCUT2D eigenvalue weighted by Crippen LogP contribution is 2.15. The molecule has 0 saturated carbocycles. The molecule has 142 valence electrons. The van der Waals surface area contributed by atoms with Crippen LogP contribution in [0, 0.1) is 0 Å². The molecule has 0 aliphatic carbocycles. The van der Waals surface area contributed by atoms with Crippen LogP contribution in [0.5, 0.6) is 0 Å². The molecular weight excluding hydrogens is 304 g/mol. The summed E-state index contributed by atoms with van der Waals surface area (Å²) in [7, 11) is 3.07. The van der Waals surface area contributed by atoms with Gasteiger partial charge in [0.2, 0.25) is 0 Å². The smallest absolute Gasteiger partial charge is 0.370 e. The Balaban J connectivity index is 3.58. The summed E-state index contributed by atoms with van der Waals surface area (Å²) < 4.78 is 10.2. The lowest BCUT2D eigenvalue weighted by Crippen LogP contribution is -2.11. The molecule has 0 aromatic rings. The Morgan fingerprint density at radius 3 is 1.83 bits per heavy atom. The predicted molar refractivity (Wildman–Crippen MR) is 99.2 cm³/mol. The highest BCUT2D eigenvalue weighted by Gasteiger charge is 2.10. The fourth-order valence-corrected chi connectivity index (χ4v) is 2.86. The molecule has 0 aromatic heterocycles. The first-order valence-electron chi connectivity index (χ1n) is 9.65. The van der Waals surface area contributed by atoms with E-state index in [1.807, 2.05) is 0 Å². The third-order valence-corrected chi connectivity index (χ3v) is 4.46. The molecule has 4 heteroatoms. The van der Waals surface area contributed by atoms with Gasteiger partial charge in [0.15, 0.2) is 5.76 Å². The van der Waals surface area contributed by atoms with Crippen LogP contribution in [0.25, 0.3) is 0 Å². The van der Waals surface area contributed by atoms with Gasteiger partial charge in [0.1, 0.15) is 0 Å². The highest BCUT2D eigenvalue weighted by molar-refractivity contribution is 5.84. The van der Waals surface area contributed by atoms with Crippen LogP contribution in [0.2, 0.25) is 0 Å². The van der Waals surface area contributed by atoms with Crippen molar-refractivity contribution in [3.05, 3.63) is 11.8 Å². The number of carboxylic acids is 1. The van der Waals surface area contributed by atoms with Crippen molar-refractivity contribution in [1.29, 1.82) is 0 Å². The first-order chi connectivity index (χ1) is 11.7. The van der Waals surface area contributed by atoms with Crippen LogP contribution in [0.4, 0.5) is 0 Å². The Bertz CT molecular complexity index is 326. The molecular formula is C20H38O4. The fraction of sp³-hybridized carbons (Fsp3) is 0.850. The maximum atomic E-state index is 10.9. The average molecular weight is 343 g/mol. The van der Waals surface area contributed by atoms with Crippen molar-refractivity contribution >= 4 is 5.97 Å². The zero-order chi connectivity index (χ0) is 18.0. The molecule has 0 rings (SSSR count). The largest absolute Gasteiger partial charge is 0.490 e. The van der Waals surface area contributed by atoms with Gasteiger partial charge in [0, 0.05) is 7.11 Å². The van der Waals surface area contributed by atoms with Gasteiger partial charge in [-0.1, -0.05) is 77.6 Å². The number of methoxy groups -OCH3 is 2. The summed E-state index contributed by atoms with van der Waals surface area (Å²) in [6, 6.07) is 0. The van der Waals surface area contributed by atoms with Crippen molar-refractivity contribution in [1.82, 2.24) is 0 Å². The van der Waals surface area contributed by atoms with Crippen molar-refractivity contribution in [3.8, 4) is 0 Å². The molecule has 1 atom stereocenters. The summed E-state index contributed by atoms with van der Waals surface area (Å²) in [6.07, 6.45) is 17.9. The van der Waals surface area contributed by atoms with E-state index in [0.717, 1.165) is 12.8 Å². The minimum atomic E-state index is -1.03. The predicted octanol–water partition coefficient (Wildman–Crippen LogP) is 5.71. The van der Waals surface area contributed by atoms with Crippen LogP contribution < -0.4 is 0 Å². The van der Waals surface area contributed by atoms with Gasteiger partial charge in [-0.3, -0.25) is 0 Å². The molecule has 0 bridgehead atoms. The van der Waals surface area contributed by atoms with E-state index in [0.29, 0.717) is 6.42 Å². The number of rotatable bonds is 17. The molecule has 0 radical (unpaired) electrons. The lowest BCUT2D eigenvalue weighted by molar-refractivity contribution is -0.136. The van der Waals surface area contributed by atoms with Crippen LogP contribution >= 0.6 is 0 Å². The SMILES string of the molecule is CCCCCCCCCCCCCC(CC=C(OC)C(=O)O)OC. The van der Waals surface area contributed by atoms with Gasteiger partial charge >= 0.3 is 5.97 Å². The van der Waals surface area contributed by atoms with Gasteiger partial charge in [0.25, 0.3) is 0 Å². The molecule has 1 N–H and O–H groups in total. The fourth-order valence-electron chi connectivity index (χ4n) is 2.86. The number of carboxylic acid groups (broad SMARTS) is 1. The molecule has 0 spiro atoms. The van der Waals surface area contributed by atoms with Crippen LogP contribution in [0.15, 0.2) is 11.8 Å². The Morgan fingerprint density at radius 2 is 1.42 bits per heavy atom. The minimum Gasteiger partial charge on any atom is -0.490 e. The molecule has 24 heavy (non-hydrogen) atoms. The quantitative estimate of drug-likeness (QED) is 0.209.